The number of benzene rings is 1. The van der Waals surface area contributed by atoms with Gasteiger partial charge in [-0.3, -0.25) is 9.59 Å². The molecule has 0 aromatic heterocycles. The van der Waals surface area contributed by atoms with Crippen LogP contribution in [0.25, 0.3) is 6.08 Å². The van der Waals surface area contributed by atoms with Crippen LogP contribution in [-0.2, 0) is 14.4 Å². The maximum atomic E-state index is 14.9. The van der Waals surface area contributed by atoms with Crippen LogP contribution in [0.3, 0.4) is 0 Å². The Kier molecular flexibility index (Phi) is 9.32. The molecule has 0 saturated heterocycles. The minimum atomic E-state index is -1.19. The molecule has 5 aliphatic rings. The van der Waals surface area contributed by atoms with Gasteiger partial charge in [-0.2, -0.15) is 0 Å². The number of carbonyl (C=O) groups is 3. The fourth-order valence-electron chi connectivity index (χ4n) is 12.6. The molecule has 2 bridgehead atoms. The van der Waals surface area contributed by atoms with Gasteiger partial charge in [-0.1, -0.05) is 83.5 Å². The largest absolute Gasteiger partial charge is 0.478 e. The predicted molar refractivity (Wildman–Crippen MR) is 190 cm³/mol. The smallest absolute Gasteiger partial charge is 0.331 e. The van der Waals surface area contributed by atoms with E-state index in [2.05, 4.69) is 13.8 Å². The lowest BCUT2D eigenvalue weighted by atomic mass is 9.36. The Morgan fingerprint density at radius 2 is 1.68 bits per heavy atom. The second-order valence-electron chi connectivity index (χ2n) is 17.5. The van der Waals surface area contributed by atoms with Crippen molar-refractivity contribution in [2.24, 2.45) is 44.8 Å². The van der Waals surface area contributed by atoms with Crippen molar-refractivity contribution in [3.63, 3.8) is 0 Å². The van der Waals surface area contributed by atoms with Crippen molar-refractivity contribution in [2.75, 3.05) is 0 Å². The van der Waals surface area contributed by atoms with E-state index in [0.717, 1.165) is 18.4 Å². The molecular weight excluding hydrogens is 632 g/mol. The average Bonchev–Trinajstić information content (AvgIpc) is 3.11. The van der Waals surface area contributed by atoms with Crippen LogP contribution in [0.1, 0.15) is 105 Å². The fraction of sp³-hybridized carbons (Fsp3) is 0.643. The minimum absolute atomic E-state index is 0.0153. The summed E-state index contributed by atoms with van der Waals surface area (Å²) in [4.78, 5) is 40.4. The van der Waals surface area contributed by atoms with Gasteiger partial charge in [0.05, 0.1) is 24.4 Å². The van der Waals surface area contributed by atoms with Crippen LogP contribution in [-0.4, -0.2) is 67.5 Å². The van der Waals surface area contributed by atoms with Gasteiger partial charge in [0.15, 0.2) is 5.78 Å². The molecule has 0 aliphatic heterocycles. The van der Waals surface area contributed by atoms with Crippen molar-refractivity contribution in [1.82, 2.24) is 0 Å². The highest BCUT2D eigenvalue weighted by Crippen LogP contribution is 2.80. The molecule has 0 spiro atoms. The predicted octanol–water partition coefficient (Wildman–Crippen LogP) is 6.07. The Balaban J connectivity index is 1.48. The highest BCUT2D eigenvalue weighted by Gasteiger charge is 2.77. The van der Waals surface area contributed by atoms with Crippen LogP contribution in [0.4, 0.5) is 0 Å². The maximum absolute atomic E-state index is 14.9. The third-order valence-corrected chi connectivity index (χ3v) is 14.6. The number of allylic oxidation sites excluding steroid dienone is 1. The maximum Gasteiger partial charge on any atom is 0.331 e. The molecule has 5 N–H and O–H groups in total. The first-order valence-electron chi connectivity index (χ1n) is 18.6. The quantitative estimate of drug-likeness (QED) is 0.196. The zero-order valence-electron chi connectivity index (χ0n) is 30.5. The molecule has 1 aromatic rings. The van der Waals surface area contributed by atoms with Gasteiger partial charge in [0.25, 0.3) is 0 Å². The molecule has 1 aromatic carbocycles. The third kappa shape index (κ3) is 5.18. The monoisotopic (exact) mass is 688 g/mol. The van der Waals surface area contributed by atoms with E-state index in [1.807, 2.05) is 63.3 Å². The van der Waals surface area contributed by atoms with E-state index in [4.69, 9.17) is 0 Å². The van der Waals surface area contributed by atoms with Gasteiger partial charge >= 0.3 is 5.97 Å². The molecule has 3 fully saturated rings. The number of aliphatic hydroxyl groups excluding tert-OH is 4. The summed E-state index contributed by atoms with van der Waals surface area (Å²) < 4.78 is 0. The summed E-state index contributed by atoms with van der Waals surface area (Å²) in [5, 5.41) is 56.0. The Bertz CT molecular complexity index is 1640. The van der Waals surface area contributed by atoms with E-state index in [1.54, 1.807) is 0 Å². The summed E-state index contributed by atoms with van der Waals surface area (Å²) in [5.74, 6) is -2.06. The van der Waals surface area contributed by atoms with Crippen molar-refractivity contribution in [1.29, 1.82) is 0 Å². The number of rotatable bonds is 9. The van der Waals surface area contributed by atoms with Gasteiger partial charge in [0.2, 0.25) is 0 Å². The van der Waals surface area contributed by atoms with E-state index in [1.165, 1.54) is 13.0 Å². The number of carbonyl (C=O) groups excluding carboxylic acids is 2. The zero-order valence-corrected chi connectivity index (χ0v) is 30.5. The summed E-state index contributed by atoms with van der Waals surface area (Å²) in [6.07, 6.45) is 5.24. The number of aliphatic carboxylic acids is 1. The van der Waals surface area contributed by atoms with Gasteiger partial charge in [0.1, 0.15) is 5.78 Å². The SMILES string of the molecule is C[C@H](O)C/C(=C\[C@@H](O)C[C@@H](C)[C@]12CCC[C@@]3(C4=C(C(=O)C[C@]13C)[C@@]1(C)CCC(=O)C(C)(C)[C@H]1[C@@H](/C=C/c1ccccc1)[C@H]4O)[C@@H](O)C2)C(=O)O. The Morgan fingerprint density at radius 1 is 1.00 bits per heavy atom. The van der Waals surface area contributed by atoms with Crippen molar-refractivity contribution in [3.05, 3.63) is 64.8 Å². The molecular formula is C42H56O8. The standard InChI is InChI=1S/C42H56O8/c1-24(19-28(44)21-27(37(49)50)20-25(2)43)41-16-10-17-42(32(47)23-41)34-33(30(45)22-40(41,42)6)39(5)18-15-31(46)38(3,4)36(39)29(35(34)48)14-13-26-11-8-7-9-12-26/h7-9,11-14,21,24-25,28-29,32,35-36,43-44,47-48H,10,15-20,22-23H2,1-6H3,(H,49,50)/b14-13+,27-21+/t24-,25+,28+,29+,32+,35-,36-,39-,40-,41-,42+/m1/s1. The second-order valence-corrected chi connectivity index (χ2v) is 17.5. The van der Waals surface area contributed by atoms with Crippen molar-refractivity contribution in [3.8, 4) is 0 Å². The highest BCUT2D eigenvalue weighted by molar-refractivity contribution is 6.01. The third-order valence-electron chi connectivity index (χ3n) is 14.6. The molecule has 3 saturated carbocycles. The van der Waals surface area contributed by atoms with Crippen LogP contribution < -0.4 is 0 Å². The lowest BCUT2D eigenvalue weighted by molar-refractivity contribution is -0.160. The van der Waals surface area contributed by atoms with Gasteiger partial charge in [-0.05, 0) is 78.9 Å². The highest BCUT2D eigenvalue weighted by atomic mass is 16.4. The molecule has 8 nitrogen and oxygen atoms in total. The number of carboxylic acid groups (broad SMARTS) is 1. The molecule has 272 valence electrons. The van der Waals surface area contributed by atoms with E-state index in [9.17, 15) is 39.9 Å². The normalized spacial score (nSPS) is 39.8. The number of ketones is 2. The summed E-state index contributed by atoms with van der Waals surface area (Å²) >= 11 is 0. The van der Waals surface area contributed by atoms with E-state index in [-0.39, 0.29) is 48.2 Å². The lowest BCUT2D eigenvalue weighted by Crippen LogP contribution is -2.65. The first-order valence-corrected chi connectivity index (χ1v) is 18.6. The molecule has 6 rings (SSSR count). The van der Waals surface area contributed by atoms with E-state index in [0.29, 0.717) is 36.8 Å². The van der Waals surface area contributed by atoms with Crippen LogP contribution in [0.5, 0.6) is 0 Å². The average molecular weight is 689 g/mol. The topological polar surface area (TPSA) is 152 Å². The molecule has 50 heavy (non-hydrogen) atoms. The Hall–Kier alpha value is -2.91. The van der Waals surface area contributed by atoms with Gasteiger partial charge in [-0.25, -0.2) is 4.79 Å². The first kappa shape index (κ1) is 36.9. The van der Waals surface area contributed by atoms with Crippen LogP contribution >= 0.6 is 0 Å². The number of hydrogen-bond acceptors (Lipinski definition) is 7. The summed E-state index contributed by atoms with van der Waals surface area (Å²) in [6, 6.07) is 9.86. The number of aliphatic hydroxyl groups is 4. The number of hydrogen-bond donors (Lipinski definition) is 5. The molecule has 8 heteroatoms. The summed E-state index contributed by atoms with van der Waals surface area (Å²) in [6.45, 7) is 11.7. The summed E-state index contributed by atoms with van der Waals surface area (Å²) in [5.41, 5.74) is -1.41. The van der Waals surface area contributed by atoms with Crippen LogP contribution in [0.2, 0.25) is 0 Å². The number of fused-ring (bicyclic) bond motifs is 2. The lowest BCUT2D eigenvalue weighted by Gasteiger charge is -2.66. The van der Waals surface area contributed by atoms with Gasteiger partial charge in [-0.15, -0.1) is 0 Å². The molecule has 5 aliphatic carbocycles. The van der Waals surface area contributed by atoms with Gasteiger partial charge < -0.3 is 25.5 Å². The first-order chi connectivity index (χ1) is 23.4. The van der Waals surface area contributed by atoms with Gasteiger partial charge in [0, 0.05) is 52.6 Å². The minimum Gasteiger partial charge on any atom is -0.478 e. The van der Waals surface area contributed by atoms with E-state index >= 15 is 0 Å². The van der Waals surface area contributed by atoms with E-state index < -0.39 is 63.4 Å². The second kappa shape index (κ2) is 12.6. The molecule has 0 unspecified atom stereocenters. The van der Waals surface area contributed by atoms with Crippen LogP contribution in [0, 0.1) is 44.8 Å². The van der Waals surface area contributed by atoms with Crippen LogP contribution in [0.15, 0.2) is 59.2 Å². The molecule has 0 amide bonds. The molecule has 0 heterocycles. The number of carboxylic acids is 1. The van der Waals surface area contributed by atoms with Crippen molar-refractivity contribution >= 4 is 23.6 Å². The Labute approximate surface area is 296 Å². The summed E-state index contributed by atoms with van der Waals surface area (Å²) in [7, 11) is 0. The van der Waals surface area contributed by atoms with Crippen molar-refractivity contribution in [2.45, 2.75) is 124 Å². The fourth-order valence-corrected chi connectivity index (χ4v) is 12.6. The van der Waals surface area contributed by atoms with Crippen molar-refractivity contribution < 1.29 is 39.9 Å². The molecule has 11 atom stereocenters. The Morgan fingerprint density at radius 3 is 2.32 bits per heavy atom. The molecule has 0 radical (unpaired) electrons. The number of Topliss-reactive ketones (excluding diaryl/α,β-unsaturated/α-hetero) is 2. The zero-order chi connectivity index (χ0) is 36.6.